The Morgan fingerprint density at radius 1 is 1.36 bits per heavy atom. The Morgan fingerprint density at radius 3 is 2.86 bits per heavy atom. The number of fused-ring (bicyclic) bond motifs is 1. The summed E-state index contributed by atoms with van der Waals surface area (Å²) < 4.78 is 0. The van der Waals surface area contributed by atoms with Gasteiger partial charge in [0.1, 0.15) is 0 Å². The van der Waals surface area contributed by atoms with E-state index in [4.69, 9.17) is 0 Å². The Hall–Kier alpha value is -1.37. The van der Waals surface area contributed by atoms with Crippen LogP contribution in [-0.2, 0) is 6.42 Å². The minimum absolute atomic E-state index is 0.303. The standard InChI is InChI=1S/C13H14O/c1-3-9(2)11-6-4-5-10-7-8-12(14)13(10)11/h3-6H,7-8H2,1-2H3/b9-3+. The number of rotatable bonds is 1. The molecule has 0 unspecified atom stereocenters. The normalized spacial score (nSPS) is 15.9. The van der Waals surface area contributed by atoms with Crippen LogP contribution in [0.5, 0.6) is 0 Å². The van der Waals surface area contributed by atoms with Gasteiger partial charge in [-0.1, -0.05) is 24.3 Å². The molecule has 0 N–H and O–H groups in total. The summed E-state index contributed by atoms with van der Waals surface area (Å²) in [7, 11) is 0. The Balaban J connectivity index is 2.63. The quantitative estimate of drug-likeness (QED) is 0.658. The molecule has 1 aliphatic rings. The lowest BCUT2D eigenvalue weighted by Gasteiger charge is -2.06. The van der Waals surface area contributed by atoms with Gasteiger partial charge in [0, 0.05) is 12.0 Å². The largest absolute Gasteiger partial charge is 0.294 e. The molecule has 0 spiro atoms. The average molecular weight is 186 g/mol. The van der Waals surface area contributed by atoms with Crippen molar-refractivity contribution < 1.29 is 4.79 Å². The fourth-order valence-electron chi connectivity index (χ4n) is 2.00. The number of hydrogen-bond acceptors (Lipinski definition) is 1. The third-order valence-electron chi connectivity index (χ3n) is 2.91. The van der Waals surface area contributed by atoms with Crippen LogP contribution in [0.25, 0.3) is 5.57 Å². The van der Waals surface area contributed by atoms with Crippen LogP contribution in [0.3, 0.4) is 0 Å². The van der Waals surface area contributed by atoms with Crippen LogP contribution in [-0.4, -0.2) is 5.78 Å². The topological polar surface area (TPSA) is 17.1 Å². The average Bonchev–Trinajstić information content (AvgIpc) is 2.59. The summed E-state index contributed by atoms with van der Waals surface area (Å²) in [6.07, 6.45) is 3.66. The van der Waals surface area contributed by atoms with Crippen molar-refractivity contribution in [1.82, 2.24) is 0 Å². The molecule has 0 fully saturated rings. The minimum Gasteiger partial charge on any atom is -0.294 e. The first-order valence-electron chi connectivity index (χ1n) is 5.02. The second-order valence-corrected chi connectivity index (χ2v) is 3.73. The summed E-state index contributed by atoms with van der Waals surface area (Å²) in [5, 5.41) is 0. The zero-order valence-electron chi connectivity index (χ0n) is 8.63. The third-order valence-corrected chi connectivity index (χ3v) is 2.91. The predicted octanol–water partition coefficient (Wildman–Crippen LogP) is 3.24. The van der Waals surface area contributed by atoms with E-state index in [1.807, 2.05) is 19.1 Å². The summed E-state index contributed by atoms with van der Waals surface area (Å²) in [4.78, 5) is 11.7. The van der Waals surface area contributed by atoms with Gasteiger partial charge in [0.2, 0.25) is 0 Å². The molecule has 1 aromatic rings. The number of carbonyl (C=O) groups is 1. The van der Waals surface area contributed by atoms with Gasteiger partial charge in [0.15, 0.2) is 5.78 Å². The summed E-state index contributed by atoms with van der Waals surface area (Å²) in [5.74, 6) is 0.303. The van der Waals surface area contributed by atoms with Gasteiger partial charge < -0.3 is 0 Å². The van der Waals surface area contributed by atoms with Crippen LogP contribution in [0.4, 0.5) is 0 Å². The molecule has 0 saturated carbocycles. The molecule has 0 aromatic heterocycles. The molecule has 2 rings (SSSR count). The summed E-state index contributed by atoms with van der Waals surface area (Å²) in [6.45, 7) is 4.06. The highest BCUT2D eigenvalue weighted by molar-refractivity contribution is 6.04. The van der Waals surface area contributed by atoms with Gasteiger partial charge in [-0.25, -0.2) is 0 Å². The van der Waals surface area contributed by atoms with Crippen LogP contribution in [0, 0.1) is 0 Å². The minimum atomic E-state index is 0.303. The van der Waals surface area contributed by atoms with E-state index in [1.54, 1.807) is 0 Å². The van der Waals surface area contributed by atoms with Crippen LogP contribution >= 0.6 is 0 Å². The van der Waals surface area contributed by atoms with Crippen molar-refractivity contribution in [2.45, 2.75) is 26.7 Å². The maximum absolute atomic E-state index is 11.7. The van der Waals surface area contributed by atoms with Gasteiger partial charge in [-0.15, -0.1) is 0 Å². The summed E-state index contributed by atoms with van der Waals surface area (Å²) in [6, 6.07) is 6.14. The highest BCUT2D eigenvalue weighted by Crippen LogP contribution is 2.29. The number of allylic oxidation sites excluding steroid dienone is 2. The van der Waals surface area contributed by atoms with Crippen LogP contribution in [0.1, 0.15) is 41.8 Å². The molecule has 14 heavy (non-hydrogen) atoms. The van der Waals surface area contributed by atoms with Gasteiger partial charge >= 0.3 is 0 Å². The molecular weight excluding hydrogens is 172 g/mol. The van der Waals surface area contributed by atoms with Gasteiger partial charge in [-0.2, -0.15) is 0 Å². The van der Waals surface area contributed by atoms with E-state index < -0.39 is 0 Å². The van der Waals surface area contributed by atoms with Gasteiger partial charge in [0.25, 0.3) is 0 Å². The maximum Gasteiger partial charge on any atom is 0.164 e. The van der Waals surface area contributed by atoms with E-state index in [2.05, 4.69) is 19.1 Å². The van der Waals surface area contributed by atoms with Gasteiger partial charge in [-0.05, 0) is 37.0 Å². The van der Waals surface area contributed by atoms with Crippen molar-refractivity contribution in [3.63, 3.8) is 0 Å². The molecule has 0 aliphatic heterocycles. The van der Waals surface area contributed by atoms with E-state index >= 15 is 0 Å². The number of benzene rings is 1. The Kier molecular flexibility index (Phi) is 2.24. The van der Waals surface area contributed by atoms with E-state index in [1.165, 1.54) is 11.1 Å². The highest BCUT2D eigenvalue weighted by Gasteiger charge is 2.22. The predicted molar refractivity (Wildman–Crippen MR) is 58.4 cm³/mol. The van der Waals surface area contributed by atoms with Crippen LogP contribution in [0.15, 0.2) is 24.3 Å². The number of hydrogen-bond donors (Lipinski definition) is 0. The van der Waals surface area contributed by atoms with Crippen molar-refractivity contribution >= 4 is 11.4 Å². The molecule has 0 saturated heterocycles. The SMILES string of the molecule is C/C=C(\C)c1cccc2c1C(=O)CC2. The molecule has 0 amide bonds. The molecule has 1 nitrogen and oxygen atoms in total. The van der Waals surface area contributed by atoms with E-state index in [9.17, 15) is 4.79 Å². The maximum atomic E-state index is 11.7. The first-order valence-corrected chi connectivity index (χ1v) is 5.02. The molecule has 0 heterocycles. The lowest BCUT2D eigenvalue weighted by molar-refractivity contribution is 0.0994. The van der Waals surface area contributed by atoms with Gasteiger partial charge in [-0.3, -0.25) is 4.79 Å². The fraction of sp³-hybridized carbons (Fsp3) is 0.308. The van der Waals surface area contributed by atoms with E-state index in [0.717, 1.165) is 17.5 Å². The van der Waals surface area contributed by atoms with Gasteiger partial charge in [0.05, 0.1) is 0 Å². The van der Waals surface area contributed by atoms with Crippen molar-refractivity contribution in [3.8, 4) is 0 Å². The number of aryl methyl sites for hydroxylation is 1. The van der Waals surface area contributed by atoms with Crippen molar-refractivity contribution in [3.05, 3.63) is 41.0 Å². The Morgan fingerprint density at radius 2 is 2.14 bits per heavy atom. The second-order valence-electron chi connectivity index (χ2n) is 3.73. The Bertz CT molecular complexity index is 413. The van der Waals surface area contributed by atoms with E-state index in [-0.39, 0.29) is 0 Å². The first-order chi connectivity index (χ1) is 6.74. The number of ketones is 1. The number of Topliss-reactive ketones (excluding diaryl/α,β-unsaturated/α-hetero) is 1. The zero-order valence-corrected chi connectivity index (χ0v) is 8.63. The summed E-state index contributed by atoms with van der Waals surface area (Å²) in [5.41, 5.74) is 4.49. The summed E-state index contributed by atoms with van der Waals surface area (Å²) >= 11 is 0. The highest BCUT2D eigenvalue weighted by atomic mass is 16.1. The molecule has 1 aliphatic carbocycles. The van der Waals surface area contributed by atoms with Crippen LogP contribution in [0.2, 0.25) is 0 Å². The van der Waals surface area contributed by atoms with Crippen molar-refractivity contribution in [1.29, 1.82) is 0 Å². The molecule has 1 aromatic carbocycles. The fourth-order valence-corrected chi connectivity index (χ4v) is 2.00. The van der Waals surface area contributed by atoms with Crippen molar-refractivity contribution in [2.24, 2.45) is 0 Å². The molecular formula is C13H14O. The third kappa shape index (κ3) is 1.29. The molecule has 0 atom stereocenters. The van der Waals surface area contributed by atoms with E-state index in [0.29, 0.717) is 12.2 Å². The first kappa shape index (κ1) is 9.20. The smallest absolute Gasteiger partial charge is 0.164 e. The van der Waals surface area contributed by atoms with Crippen LogP contribution < -0.4 is 0 Å². The molecule has 0 radical (unpaired) electrons. The molecule has 1 heteroatoms. The monoisotopic (exact) mass is 186 g/mol. The Labute approximate surface area is 84.5 Å². The number of carbonyl (C=O) groups excluding carboxylic acids is 1. The lowest BCUT2D eigenvalue weighted by Crippen LogP contribution is -1.97. The molecule has 0 bridgehead atoms. The van der Waals surface area contributed by atoms with Crippen molar-refractivity contribution in [2.75, 3.05) is 0 Å². The zero-order chi connectivity index (χ0) is 10.1. The molecule has 72 valence electrons. The lowest BCUT2D eigenvalue weighted by atomic mass is 9.97. The second kappa shape index (κ2) is 3.41.